The van der Waals surface area contributed by atoms with E-state index >= 15 is 0 Å². The molecule has 0 aromatic carbocycles. The Bertz CT molecular complexity index is 560. The number of pyridine rings is 1. The van der Waals surface area contributed by atoms with E-state index in [1.807, 2.05) is 13.0 Å². The molecule has 0 unspecified atom stereocenters. The zero-order valence-corrected chi connectivity index (χ0v) is 10.4. The standard InChI is InChI=1S/C12H14N2O2S/c1-9-11(4-6-16-9)17-7-5-14-8-10(13)2-3-12(14)15/h2-4,6,8H,5,7,13H2,1H3. The molecule has 0 spiro atoms. The van der Waals surface area contributed by atoms with Crippen LogP contribution in [-0.4, -0.2) is 10.3 Å². The first-order valence-corrected chi connectivity index (χ1v) is 6.28. The maximum absolute atomic E-state index is 11.5. The van der Waals surface area contributed by atoms with Gasteiger partial charge in [-0.1, -0.05) is 0 Å². The molecule has 0 saturated heterocycles. The number of thioether (sulfide) groups is 1. The molecular formula is C12H14N2O2S. The van der Waals surface area contributed by atoms with Crippen LogP contribution in [0.1, 0.15) is 5.76 Å². The molecule has 0 saturated carbocycles. The van der Waals surface area contributed by atoms with E-state index in [9.17, 15) is 4.79 Å². The Balaban J connectivity index is 1.97. The molecule has 0 atom stereocenters. The highest BCUT2D eigenvalue weighted by atomic mass is 32.2. The number of hydrogen-bond acceptors (Lipinski definition) is 4. The molecule has 0 fully saturated rings. The third-order valence-corrected chi connectivity index (χ3v) is 3.53. The van der Waals surface area contributed by atoms with Crippen LogP contribution in [0.25, 0.3) is 0 Å². The summed E-state index contributed by atoms with van der Waals surface area (Å²) in [5.41, 5.74) is 6.22. The summed E-state index contributed by atoms with van der Waals surface area (Å²) in [5.74, 6) is 1.72. The third kappa shape index (κ3) is 2.94. The Morgan fingerprint density at radius 2 is 2.24 bits per heavy atom. The fourth-order valence-corrected chi connectivity index (χ4v) is 2.41. The molecule has 2 aromatic heterocycles. The molecule has 0 aliphatic heterocycles. The molecule has 0 bridgehead atoms. The van der Waals surface area contributed by atoms with E-state index in [1.54, 1.807) is 34.9 Å². The molecule has 2 aromatic rings. The molecule has 2 rings (SSSR count). The molecule has 0 amide bonds. The van der Waals surface area contributed by atoms with Crippen molar-refractivity contribution in [3.8, 4) is 0 Å². The predicted molar refractivity (Wildman–Crippen MR) is 69.3 cm³/mol. The summed E-state index contributed by atoms with van der Waals surface area (Å²) in [6.07, 6.45) is 3.34. The maximum Gasteiger partial charge on any atom is 0.250 e. The highest BCUT2D eigenvalue weighted by Crippen LogP contribution is 2.22. The average Bonchev–Trinajstić information content (AvgIpc) is 2.70. The summed E-state index contributed by atoms with van der Waals surface area (Å²) in [7, 11) is 0. The van der Waals surface area contributed by atoms with E-state index in [2.05, 4.69) is 0 Å². The molecule has 4 nitrogen and oxygen atoms in total. The van der Waals surface area contributed by atoms with Gasteiger partial charge in [-0.3, -0.25) is 4.79 Å². The minimum atomic E-state index is -0.0243. The van der Waals surface area contributed by atoms with Crippen molar-refractivity contribution < 1.29 is 4.42 Å². The Kier molecular flexibility index (Phi) is 3.58. The minimum absolute atomic E-state index is 0.0243. The van der Waals surface area contributed by atoms with Crippen LogP contribution in [0, 0.1) is 6.92 Å². The van der Waals surface area contributed by atoms with Gasteiger partial charge in [-0.05, 0) is 19.1 Å². The fourth-order valence-electron chi connectivity index (χ4n) is 1.50. The molecule has 5 heteroatoms. The van der Waals surface area contributed by atoms with Gasteiger partial charge in [-0.15, -0.1) is 11.8 Å². The van der Waals surface area contributed by atoms with Crippen LogP contribution < -0.4 is 11.3 Å². The van der Waals surface area contributed by atoms with E-state index in [4.69, 9.17) is 10.2 Å². The van der Waals surface area contributed by atoms with Crippen molar-refractivity contribution in [2.75, 3.05) is 11.5 Å². The Labute approximate surface area is 103 Å². The number of nitrogens with two attached hydrogens (primary N) is 1. The van der Waals surface area contributed by atoms with Crippen molar-refractivity contribution >= 4 is 17.4 Å². The number of nitrogens with zero attached hydrogens (tertiary/aromatic N) is 1. The molecule has 0 radical (unpaired) electrons. The van der Waals surface area contributed by atoms with Gasteiger partial charge in [0.15, 0.2) is 0 Å². The Morgan fingerprint density at radius 3 is 2.94 bits per heavy atom. The zero-order chi connectivity index (χ0) is 12.3. The number of nitrogen functional groups attached to an aromatic ring is 1. The lowest BCUT2D eigenvalue weighted by molar-refractivity contribution is 0.527. The van der Waals surface area contributed by atoms with Crippen LogP contribution in [-0.2, 0) is 6.54 Å². The summed E-state index contributed by atoms with van der Waals surface area (Å²) < 4.78 is 6.82. The second-order valence-corrected chi connectivity index (χ2v) is 4.82. The molecule has 2 N–H and O–H groups in total. The minimum Gasteiger partial charge on any atom is -0.468 e. The number of aromatic nitrogens is 1. The number of furan rings is 1. The monoisotopic (exact) mass is 250 g/mol. The van der Waals surface area contributed by atoms with Crippen molar-refractivity contribution in [2.24, 2.45) is 0 Å². The van der Waals surface area contributed by atoms with E-state index in [0.717, 1.165) is 16.4 Å². The first kappa shape index (κ1) is 11.9. The van der Waals surface area contributed by atoms with Crippen molar-refractivity contribution in [2.45, 2.75) is 18.4 Å². The Hall–Kier alpha value is -1.62. The Morgan fingerprint density at radius 1 is 1.41 bits per heavy atom. The normalized spacial score (nSPS) is 10.6. The van der Waals surface area contributed by atoms with Gasteiger partial charge in [-0.25, -0.2) is 0 Å². The molecular weight excluding hydrogens is 236 g/mol. The van der Waals surface area contributed by atoms with Crippen LogP contribution in [0.4, 0.5) is 5.69 Å². The summed E-state index contributed by atoms with van der Waals surface area (Å²) in [6, 6.07) is 5.04. The SMILES string of the molecule is Cc1occc1SCCn1cc(N)ccc1=O. The van der Waals surface area contributed by atoms with E-state index < -0.39 is 0 Å². The largest absolute Gasteiger partial charge is 0.468 e. The third-order valence-electron chi connectivity index (χ3n) is 2.41. The van der Waals surface area contributed by atoms with Gasteiger partial charge in [0.05, 0.1) is 6.26 Å². The summed E-state index contributed by atoms with van der Waals surface area (Å²) in [5, 5.41) is 0. The van der Waals surface area contributed by atoms with Gasteiger partial charge in [0.25, 0.3) is 5.56 Å². The zero-order valence-electron chi connectivity index (χ0n) is 9.55. The fraction of sp³-hybridized carbons (Fsp3) is 0.250. The topological polar surface area (TPSA) is 61.2 Å². The highest BCUT2D eigenvalue weighted by Gasteiger charge is 2.02. The molecule has 17 heavy (non-hydrogen) atoms. The van der Waals surface area contributed by atoms with E-state index in [0.29, 0.717) is 12.2 Å². The van der Waals surface area contributed by atoms with Crippen molar-refractivity contribution in [1.29, 1.82) is 0 Å². The lowest BCUT2D eigenvalue weighted by Gasteiger charge is -2.05. The van der Waals surface area contributed by atoms with Crippen LogP contribution >= 0.6 is 11.8 Å². The van der Waals surface area contributed by atoms with Crippen LogP contribution in [0.15, 0.2) is 44.8 Å². The lowest BCUT2D eigenvalue weighted by atomic mass is 10.4. The summed E-state index contributed by atoms with van der Waals surface area (Å²) in [6.45, 7) is 2.56. The summed E-state index contributed by atoms with van der Waals surface area (Å²) >= 11 is 1.67. The van der Waals surface area contributed by atoms with Gasteiger partial charge >= 0.3 is 0 Å². The smallest absolute Gasteiger partial charge is 0.250 e. The first-order chi connectivity index (χ1) is 8.16. The van der Waals surface area contributed by atoms with Crippen LogP contribution in [0.5, 0.6) is 0 Å². The van der Waals surface area contributed by atoms with Crippen molar-refractivity contribution in [3.63, 3.8) is 0 Å². The van der Waals surface area contributed by atoms with Crippen LogP contribution in [0.2, 0.25) is 0 Å². The second-order valence-electron chi connectivity index (χ2n) is 3.68. The molecule has 0 aliphatic rings. The molecule has 90 valence electrons. The number of aryl methyl sites for hydroxylation is 2. The highest BCUT2D eigenvalue weighted by molar-refractivity contribution is 7.99. The van der Waals surface area contributed by atoms with Gasteiger partial charge in [-0.2, -0.15) is 0 Å². The second kappa shape index (κ2) is 5.14. The summed E-state index contributed by atoms with van der Waals surface area (Å²) in [4.78, 5) is 12.6. The van der Waals surface area contributed by atoms with Gasteiger partial charge in [0.2, 0.25) is 0 Å². The average molecular weight is 250 g/mol. The molecule has 2 heterocycles. The maximum atomic E-state index is 11.5. The van der Waals surface area contributed by atoms with Gasteiger partial charge < -0.3 is 14.7 Å². The van der Waals surface area contributed by atoms with E-state index in [1.165, 1.54) is 6.07 Å². The van der Waals surface area contributed by atoms with E-state index in [-0.39, 0.29) is 5.56 Å². The number of rotatable bonds is 4. The number of hydrogen-bond donors (Lipinski definition) is 1. The lowest BCUT2D eigenvalue weighted by Crippen LogP contribution is -2.19. The quantitative estimate of drug-likeness (QED) is 0.844. The van der Waals surface area contributed by atoms with Crippen molar-refractivity contribution in [1.82, 2.24) is 4.57 Å². The first-order valence-electron chi connectivity index (χ1n) is 5.29. The molecule has 0 aliphatic carbocycles. The number of anilines is 1. The van der Waals surface area contributed by atoms with Gasteiger partial charge in [0.1, 0.15) is 5.76 Å². The predicted octanol–water partition coefficient (Wildman–Crippen LogP) is 2.12. The van der Waals surface area contributed by atoms with Crippen LogP contribution in [0.3, 0.4) is 0 Å². The van der Waals surface area contributed by atoms with Crippen molar-refractivity contribution in [3.05, 3.63) is 46.8 Å². The van der Waals surface area contributed by atoms with Gasteiger partial charge in [0, 0.05) is 35.1 Å².